The molecule has 138 valence electrons. The molecule has 0 amide bonds. The largest absolute Gasteiger partial charge is 0.381 e. The third-order valence-corrected chi connectivity index (χ3v) is 7.39. The van der Waals surface area contributed by atoms with Crippen molar-refractivity contribution in [2.24, 2.45) is 0 Å². The number of ether oxygens (including phenoxy) is 1. The van der Waals surface area contributed by atoms with Crippen molar-refractivity contribution >= 4 is 21.4 Å². The molecule has 1 saturated heterocycles. The topological polar surface area (TPSA) is 99.4 Å². The molecule has 2 heterocycles. The molecule has 1 aliphatic heterocycles. The molecule has 3 rings (SSSR count). The summed E-state index contributed by atoms with van der Waals surface area (Å²) in [6.07, 6.45) is 0. The van der Waals surface area contributed by atoms with Crippen LogP contribution >= 0.6 is 11.3 Å². The lowest BCUT2D eigenvalue weighted by atomic mass is 9.89. The number of hydrogen-bond donors (Lipinski definition) is 2. The summed E-state index contributed by atoms with van der Waals surface area (Å²) in [6.45, 7) is 3.31. The van der Waals surface area contributed by atoms with Gasteiger partial charge in [-0.15, -0.1) is 11.3 Å². The van der Waals surface area contributed by atoms with Gasteiger partial charge in [0.05, 0.1) is 24.5 Å². The Morgan fingerprint density at radius 1 is 1.31 bits per heavy atom. The fraction of sp³-hybridized carbons (Fsp3) is 0.389. The maximum absolute atomic E-state index is 12.2. The number of hydrogen-bond acceptors (Lipinski definition) is 6. The predicted molar refractivity (Wildman–Crippen MR) is 100 cm³/mol. The number of aliphatic hydroxyl groups is 1. The molecule has 1 aliphatic rings. The average Bonchev–Trinajstić information content (AvgIpc) is 3.23. The van der Waals surface area contributed by atoms with Crippen molar-refractivity contribution in [2.45, 2.75) is 30.7 Å². The van der Waals surface area contributed by atoms with Crippen LogP contribution in [0, 0.1) is 11.3 Å². The fourth-order valence-electron chi connectivity index (χ4n) is 2.80. The lowest BCUT2D eigenvalue weighted by Gasteiger charge is -2.29. The summed E-state index contributed by atoms with van der Waals surface area (Å²) >= 11 is 1.39. The van der Waals surface area contributed by atoms with Gasteiger partial charge in [-0.3, -0.25) is 0 Å². The second-order valence-electron chi connectivity index (χ2n) is 6.56. The van der Waals surface area contributed by atoms with E-state index in [1.165, 1.54) is 11.3 Å². The Morgan fingerprint density at radius 3 is 2.58 bits per heavy atom. The molecular formula is C18H20N2O4S2. The first-order valence-electron chi connectivity index (χ1n) is 8.18. The zero-order valence-corrected chi connectivity index (χ0v) is 16.1. The Bertz CT molecular complexity index is 929. The Hall–Kier alpha value is -1.76. The number of nitriles is 1. The molecule has 0 radical (unpaired) electrons. The van der Waals surface area contributed by atoms with Gasteiger partial charge in [-0.05, 0) is 37.1 Å². The van der Waals surface area contributed by atoms with Crippen LogP contribution in [0.2, 0.25) is 0 Å². The van der Waals surface area contributed by atoms with Gasteiger partial charge in [0.2, 0.25) is 10.0 Å². The van der Waals surface area contributed by atoms with Crippen molar-refractivity contribution in [3.8, 4) is 16.5 Å². The van der Waals surface area contributed by atoms with Crippen LogP contribution < -0.4 is 4.72 Å². The summed E-state index contributed by atoms with van der Waals surface area (Å²) in [5.41, 5.74) is 0.0997. The van der Waals surface area contributed by atoms with Gasteiger partial charge >= 0.3 is 0 Å². The Morgan fingerprint density at radius 2 is 2.00 bits per heavy atom. The Kier molecular flexibility index (Phi) is 5.19. The first-order valence-corrected chi connectivity index (χ1v) is 10.5. The van der Waals surface area contributed by atoms with Crippen LogP contribution in [0.1, 0.15) is 24.3 Å². The zero-order chi connectivity index (χ0) is 18.9. The minimum atomic E-state index is -3.53. The molecule has 0 saturated carbocycles. The van der Waals surface area contributed by atoms with E-state index < -0.39 is 26.9 Å². The van der Waals surface area contributed by atoms with Crippen LogP contribution in [0.25, 0.3) is 10.4 Å². The molecule has 26 heavy (non-hydrogen) atoms. The van der Waals surface area contributed by atoms with Crippen molar-refractivity contribution in [3.63, 3.8) is 0 Å². The second kappa shape index (κ2) is 7.10. The predicted octanol–water partition coefficient (Wildman–Crippen LogP) is 2.20. The molecular weight excluding hydrogens is 372 g/mol. The third kappa shape index (κ3) is 3.54. The van der Waals surface area contributed by atoms with Gasteiger partial charge in [-0.2, -0.15) is 5.26 Å². The molecule has 2 N–H and O–H groups in total. The molecule has 8 heteroatoms. The average molecular weight is 393 g/mol. The smallest absolute Gasteiger partial charge is 0.214 e. The number of benzene rings is 1. The molecule has 6 nitrogen and oxygen atoms in total. The van der Waals surface area contributed by atoms with E-state index in [4.69, 9.17) is 10.00 Å². The number of thiophene rings is 1. The normalized spacial score (nSPS) is 23.3. The maximum Gasteiger partial charge on any atom is 0.214 e. The summed E-state index contributed by atoms with van der Waals surface area (Å²) in [5, 5.41) is 19.4. The Balaban J connectivity index is 1.86. The number of rotatable bonds is 5. The standard InChI is InChI=1S/C18H20N2O4S2/c1-12(2)26(22,23)20-17-10-24-11-18(17,21)14-5-3-13(4-6-14)16-8-7-15(9-19)25-16/h3-8,12,17,20-21H,10-11H2,1-2H3/t17-,18+/m1/s1. The van der Waals surface area contributed by atoms with Crippen LogP contribution in [-0.2, 0) is 20.4 Å². The fourth-order valence-corrected chi connectivity index (χ4v) is 4.54. The van der Waals surface area contributed by atoms with Crippen LogP contribution in [0.3, 0.4) is 0 Å². The lowest BCUT2D eigenvalue weighted by Crippen LogP contribution is -2.51. The van der Waals surface area contributed by atoms with Gasteiger partial charge in [-0.25, -0.2) is 13.1 Å². The van der Waals surface area contributed by atoms with Crippen LogP contribution in [-0.4, -0.2) is 38.0 Å². The lowest BCUT2D eigenvalue weighted by molar-refractivity contribution is 0.0121. The summed E-state index contributed by atoms with van der Waals surface area (Å²) in [7, 11) is -3.53. The molecule has 1 fully saturated rings. The van der Waals surface area contributed by atoms with E-state index in [9.17, 15) is 13.5 Å². The van der Waals surface area contributed by atoms with Crippen LogP contribution in [0.15, 0.2) is 36.4 Å². The molecule has 1 aromatic carbocycles. The van der Waals surface area contributed by atoms with E-state index >= 15 is 0 Å². The summed E-state index contributed by atoms with van der Waals surface area (Å²) in [5.74, 6) is 0. The highest BCUT2D eigenvalue weighted by Crippen LogP contribution is 2.34. The van der Waals surface area contributed by atoms with Gasteiger partial charge in [0, 0.05) is 4.88 Å². The van der Waals surface area contributed by atoms with Crippen LogP contribution in [0.5, 0.6) is 0 Å². The van der Waals surface area contributed by atoms with E-state index in [2.05, 4.69) is 10.8 Å². The quantitative estimate of drug-likeness (QED) is 0.813. The van der Waals surface area contributed by atoms with Gasteiger partial charge in [0.1, 0.15) is 16.5 Å². The first kappa shape index (κ1) is 19.0. The summed E-state index contributed by atoms with van der Waals surface area (Å²) in [4.78, 5) is 1.59. The molecule has 0 bridgehead atoms. The van der Waals surface area contributed by atoms with E-state index in [1.807, 2.05) is 18.2 Å². The molecule has 0 unspecified atom stereocenters. The van der Waals surface area contributed by atoms with Gasteiger partial charge in [-0.1, -0.05) is 24.3 Å². The van der Waals surface area contributed by atoms with Crippen molar-refractivity contribution in [3.05, 3.63) is 46.8 Å². The molecule has 1 aromatic heterocycles. The minimum absolute atomic E-state index is 0.0230. The summed E-state index contributed by atoms with van der Waals surface area (Å²) in [6, 6.07) is 12.3. The van der Waals surface area contributed by atoms with Gasteiger partial charge in [0.25, 0.3) is 0 Å². The van der Waals surface area contributed by atoms with Gasteiger partial charge < -0.3 is 9.84 Å². The van der Waals surface area contributed by atoms with Crippen molar-refractivity contribution < 1.29 is 18.3 Å². The zero-order valence-electron chi connectivity index (χ0n) is 14.5. The van der Waals surface area contributed by atoms with E-state index in [1.54, 1.807) is 32.0 Å². The first-order chi connectivity index (χ1) is 12.3. The van der Waals surface area contributed by atoms with Crippen molar-refractivity contribution in [1.82, 2.24) is 4.72 Å². The maximum atomic E-state index is 12.2. The monoisotopic (exact) mass is 392 g/mol. The molecule has 0 aliphatic carbocycles. The molecule has 2 atom stereocenters. The van der Waals surface area contributed by atoms with E-state index in [-0.39, 0.29) is 13.2 Å². The SMILES string of the molecule is CC(C)S(=O)(=O)N[C@@H]1COC[C@]1(O)c1ccc(-c2ccc(C#N)s2)cc1. The third-order valence-electron chi connectivity index (χ3n) is 4.50. The second-order valence-corrected chi connectivity index (χ2v) is 9.91. The molecule has 2 aromatic rings. The minimum Gasteiger partial charge on any atom is -0.381 e. The number of nitrogens with zero attached hydrogens (tertiary/aromatic N) is 1. The highest BCUT2D eigenvalue weighted by atomic mass is 32.2. The Labute approximate surface area is 157 Å². The van der Waals surface area contributed by atoms with Crippen LogP contribution in [0.4, 0.5) is 0 Å². The van der Waals surface area contributed by atoms with Gasteiger partial charge in [0.15, 0.2) is 0 Å². The van der Waals surface area contributed by atoms with E-state index in [0.717, 1.165) is 10.4 Å². The van der Waals surface area contributed by atoms with Crippen molar-refractivity contribution in [2.75, 3.05) is 13.2 Å². The van der Waals surface area contributed by atoms with E-state index in [0.29, 0.717) is 10.4 Å². The summed E-state index contributed by atoms with van der Waals surface area (Å²) < 4.78 is 32.3. The molecule has 0 spiro atoms. The van der Waals surface area contributed by atoms with Crippen molar-refractivity contribution in [1.29, 1.82) is 5.26 Å². The highest BCUT2D eigenvalue weighted by Gasteiger charge is 2.46. The highest BCUT2D eigenvalue weighted by molar-refractivity contribution is 7.90. The number of nitrogens with one attached hydrogen (secondary N) is 1. The number of sulfonamides is 1.